The summed E-state index contributed by atoms with van der Waals surface area (Å²) < 4.78 is 0. The van der Waals surface area contributed by atoms with E-state index in [4.69, 9.17) is 5.11 Å². The highest BCUT2D eigenvalue weighted by Gasteiger charge is 2.02. The number of hydrogen-bond donors (Lipinski definition) is 1. The van der Waals surface area contributed by atoms with Crippen molar-refractivity contribution in [3.63, 3.8) is 0 Å². The van der Waals surface area contributed by atoms with Crippen LogP contribution in [0.25, 0.3) is 0 Å². The van der Waals surface area contributed by atoms with Crippen molar-refractivity contribution in [1.82, 2.24) is 0 Å². The molecule has 0 saturated heterocycles. The van der Waals surface area contributed by atoms with Crippen LogP contribution < -0.4 is 0 Å². The first-order valence-corrected chi connectivity index (χ1v) is 3.77. The molecular formula is C8H18O. The topological polar surface area (TPSA) is 20.2 Å². The molecule has 0 rings (SSSR count). The standard InChI is InChI=1S/C8H18O/c1-7(2)6-8(3)4-5-9/h7-9H,4-6H2,1-3H3. The molecule has 1 N–H and O–H groups in total. The van der Waals surface area contributed by atoms with E-state index in [1.165, 1.54) is 6.42 Å². The fraction of sp³-hybridized carbons (Fsp3) is 1.00. The zero-order chi connectivity index (χ0) is 7.28. The Bertz CT molecular complexity index is 59.6. The fourth-order valence-electron chi connectivity index (χ4n) is 1.14. The molecule has 0 aromatic heterocycles. The minimum atomic E-state index is 0.341. The van der Waals surface area contributed by atoms with Gasteiger partial charge in [0, 0.05) is 6.61 Å². The smallest absolute Gasteiger partial charge is 0.0433 e. The molecule has 0 heterocycles. The van der Waals surface area contributed by atoms with Crippen LogP contribution in [-0.4, -0.2) is 11.7 Å². The lowest BCUT2D eigenvalue weighted by Gasteiger charge is -2.11. The summed E-state index contributed by atoms with van der Waals surface area (Å²) in [5.74, 6) is 1.46. The maximum atomic E-state index is 8.55. The van der Waals surface area contributed by atoms with Crippen LogP contribution in [0.5, 0.6) is 0 Å². The molecule has 1 atom stereocenters. The molecule has 9 heavy (non-hydrogen) atoms. The Kier molecular flexibility index (Phi) is 4.78. The van der Waals surface area contributed by atoms with Gasteiger partial charge < -0.3 is 5.11 Å². The van der Waals surface area contributed by atoms with Gasteiger partial charge in [0.2, 0.25) is 0 Å². The van der Waals surface area contributed by atoms with E-state index in [0.29, 0.717) is 12.5 Å². The average Bonchev–Trinajstić information content (AvgIpc) is 1.63. The molecular weight excluding hydrogens is 112 g/mol. The fourth-order valence-corrected chi connectivity index (χ4v) is 1.14. The third-order valence-corrected chi connectivity index (χ3v) is 1.50. The summed E-state index contributed by atoms with van der Waals surface area (Å²) in [6.45, 7) is 6.96. The maximum absolute atomic E-state index is 8.55. The van der Waals surface area contributed by atoms with E-state index in [9.17, 15) is 0 Å². The predicted molar refractivity (Wildman–Crippen MR) is 40.3 cm³/mol. The van der Waals surface area contributed by atoms with Gasteiger partial charge in [-0.1, -0.05) is 20.8 Å². The molecule has 0 saturated carbocycles. The predicted octanol–water partition coefficient (Wildman–Crippen LogP) is 2.05. The van der Waals surface area contributed by atoms with E-state index in [2.05, 4.69) is 20.8 Å². The highest BCUT2D eigenvalue weighted by Crippen LogP contribution is 2.13. The number of aliphatic hydroxyl groups is 1. The molecule has 1 nitrogen and oxygen atoms in total. The van der Waals surface area contributed by atoms with Crippen molar-refractivity contribution in [1.29, 1.82) is 0 Å². The first kappa shape index (κ1) is 8.96. The minimum absolute atomic E-state index is 0.341. The summed E-state index contributed by atoms with van der Waals surface area (Å²) in [5.41, 5.74) is 0. The lowest BCUT2D eigenvalue weighted by Crippen LogP contribution is -2.01. The zero-order valence-corrected chi connectivity index (χ0v) is 6.72. The molecule has 1 unspecified atom stereocenters. The minimum Gasteiger partial charge on any atom is -0.396 e. The Hall–Kier alpha value is -0.0400. The van der Waals surface area contributed by atoms with Crippen LogP contribution in [0.1, 0.15) is 33.6 Å². The van der Waals surface area contributed by atoms with E-state index in [-0.39, 0.29) is 0 Å². The van der Waals surface area contributed by atoms with Gasteiger partial charge in [0.05, 0.1) is 0 Å². The van der Waals surface area contributed by atoms with Crippen molar-refractivity contribution >= 4 is 0 Å². The molecule has 0 amide bonds. The van der Waals surface area contributed by atoms with Crippen LogP contribution in [0.15, 0.2) is 0 Å². The van der Waals surface area contributed by atoms with Crippen molar-refractivity contribution in [3.8, 4) is 0 Å². The number of aliphatic hydroxyl groups excluding tert-OH is 1. The molecule has 0 radical (unpaired) electrons. The summed E-state index contributed by atoms with van der Waals surface area (Å²) in [5, 5.41) is 8.55. The third-order valence-electron chi connectivity index (χ3n) is 1.50. The number of rotatable bonds is 4. The van der Waals surface area contributed by atoms with Crippen molar-refractivity contribution < 1.29 is 5.11 Å². The van der Waals surface area contributed by atoms with Gasteiger partial charge in [-0.15, -0.1) is 0 Å². The molecule has 0 aliphatic heterocycles. The average molecular weight is 130 g/mol. The summed E-state index contributed by atoms with van der Waals surface area (Å²) in [7, 11) is 0. The summed E-state index contributed by atoms with van der Waals surface area (Å²) in [6.07, 6.45) is 2.19. The SMILES string of the molecule is CC(C)CC(C)CCO. The monoisotopic (exact) mass is 130 g/mol. The molecule has 0 spiro atoms. The second-order valence-electron chi connectivity index (χ2n) is 3.25. The van der Waals surface area contributed by atoms with Crippen LogP contribution in [0.3, 0.4) is 0 Å². The summed E-state index contributed by atoms with van der Waals surface area (Å²) in [4.78, 5) is 0. The third kappa shape index (κ3) is 5.84. The highest BCUT2D eigenvalue weighted by atomic mass is 16.2. The first-order chi connectivity index (χ1) is 4.16. The van der Waals surface area contributed by atoms with Gasteiger partial charge in [-0.3, -0.25) is 0 Å². The molecule has 0 aromatic carbocycles. The van der Waals surface area contributed by atoms with Gasteiger partial charge in [0.25, 0.3) is 0 Å². The number of hydrogen-bond acceptors (Lipinski definition) is 1. The largest absolute Gasteiger partial charge is 0.396 e. The Labute approximate surface area is 58.1 Å². The Balaban J connectivity index is 3.15. The van der Waals surface area contributed by atoms with Crippen molar-refractivity contribution in [2.75, 3.05) is 6.61 Å². The van der Waals surface area contributed by atoms with Crippen molar-refractivity contribution in [2.24, 2.45) is 11.8 Å². The van der Waals surface area contributed by atoms with Gasteiger partial charge in [0.1, 0.15) is 0 Å². The second kappa shape index (κ2) is 4.80. The lowest BCUT2D eigenvalue weighted by atomic mass is 9.97. The van der Waals surface area contributed by atoms with Gasteiger partial charge in [-0.25, -0.2) is 0 Å². The molecule has 56 valence electrons. The molecule has 0 aliphatic carbocycles. The first-order valence-electron chi connectivity index (χ1n) is 3.77. The van der Waals surface area contributed by atoms with Crippen molar-refractivity contribution in [3.05, 3.63) is 0 Å². The van der Waals surface area contributed by atoms with Crippen LogP contribution in [0.2, 0.25) is 0 Å². The maximum Gasteiger partial charge on any atom is 0.0433 e. The van der Waals surface area contributed by atoms with Gasteiger partial charge in [-0.05, 0) is 24.7 Å². The van der Waals surface area contributed by atoms with Crippen molar-refractivity contribution in [2.45, 2.75) is 33.6 Å². The van der Waals surface area contributed by atoms with Crippen LogP contribution in [0.4, 0.5) is 0 Å². The zero-order valence-electron chi connectivity index (χ0n) is 6.72. The van der Waals surface area contributed by atoms with Crippen LogP contribution >= 0.6 is 0 Å². The molecule has 0 aromatic rings. The Morgan fingerprint density at radius 1 is 1.22 bits per heavy atom. The van der Waals surface area contributed by atoms with Gasteiger partial charge in [0.15, 0.2) is 0 Å². The van der Waals surface area contributed by atoms with E-state index < -0.39 is 0 Å². The lowest BCUT2D eigenvalue weighted by molar-refractivity contribution is 0.251. The molecule has 0 fully saturated rings. The van der Waals surface area contributed by atoms with E-state index in [0.717, 1.165) is 12.3 Å². The van der Waals surface area contributed by atoms with Crippen LogP contribution in [-0.2, 0) is 0 Å². The quantitative estimate of drug-likeness (QED) is 0.617. The van der Waals surface area contributed by atoms with E-state index in [1.807, 2.05) is 0 Å². The van der Waals surface area contributed by atoms with Crippen LogP contribution in [0, 0.1) is 11.8 Å². The second-order valence-corrected chi connectivity index (χ2v) is 3.25. The highest BCUT2D eigenvalue weighted by molar-refractivity contribution is 4.54. The summed E-state index contributed by atoms with van der Waals surface area (Å²) >= 11 is 0. The van der Waals surface area contributed by atoms with Gasteiger partial charge in [-0.2, -0.15) is 0 Å². The molecule has 0 bridgehead atoms. The van der Waals surface area contributed by atoms with E-state index in [1.54, 1.807) is 0 Å². The van der Waals surface area contributed by atoms with Gasteiger partial charge >= 0.3 is 0 Å². The normalized spacial score (nSPS) is 14.3. The Morgan fingerprint density at radius 2 is 1.78 bits per heavy atom. The molecule has 0 aliphatic rings. The Morgan fingerprint density at radius 3 is 2.11 bits per heavy atom. The van der Waals surface area contributed by atoms with E-state index >= 15 is 0 Å². The molecule has 1 heteroatoms. The summed E-state index contributed by atoms with van der Waals surface area (Å²) in [6, 6.07) is 0.